The molecule has 3 aromatic rings. The highest BCUT2D eigenvalue weighted by molar-refractivity contribution is 7.91. The Morgan fingerprint density at radius 1 is 1.00 bits per heavy atom. The van der Waals surface area contributed by atoms with E-state index in [1.54, 1.807) is 0 Å². The van der Waals surface area contributed by atoms with Crippen LogP contribution in [0, 0.1) is 6.92 Å². The van der Waals surface area contributed by atoms with Crippen LogP contribution >= 0.6 is 0 Å². The highest BCUT2D eigenvalue weighted by Gasteiger charge is 2.26. The number of benzene rings is 3. The molecule has 3 rings (SSSR count). The first-order valence-corrected chi connectivity index (χ1v) is 9.26. The van der Waals surface area contributed by atoms with Crippen molar-refractivity contribution >= 4 is 32.2 Å². The third kappa shape index (κ3) is 3.43. The van der Waals surface area contributed by atoms with Gasteiger partial charge in [-0.15, -0.1) is 0 Å². The molecule has 4 nitrogen and oxygen atoms in total. The number of aryl methyl sites for hydroxylation is 1. The average molecular weight is 375 g/mol. The summed E-state index contributed by atoms with van der Waals surface area (Å²) in [5.74, 6) is -3.96. The van der Waals surface area contributed by atoms with Gasteiger partial charge in [-0.2, -0.15) is 8.78 Å². The minimum Gasteiger partial charge on any atom is -0.321 e. The number of nitrogens with one attached hydrogen (secondary N) is 1. The van der Waals surface area contributed by atoms with Gasteiger partial charge in [-0.05, 0) is 48.2 Å². The molecule has 3 aromatic carbocycles. The largest absolute Gasteiger partial charge is 0.341 e. The minimum absolute atomic E-state index is 0.170. The molecule has 0 heterocycles. The van der Waals surface area contributed by atoms with Crippen molar-refractivity contribution < 1.29 is 22.0 Å². The van der Waals surface area contributed by atoms with Crippen LogP contribution in [0.3, 0.4) is 0 Å². The van der Waals surface area contributed by atoms with E-state index >= 15 is 0 Å². The van der Waals surface area contributed by atoms with Crippen LogP contribution in [0.5, 0.6) is 0 Å². The molecule has 0 aliphatic rings. The van der Waals surface area contributed by atoms with Crippen LogP contribution in [-0.2, 0) is 9.84 Å². The van der Waals surface area contributed by atoms with E-state index in [1.807, 2.05) is 43.3 Å². The van der Waals surface area contributed by atoms with Crippen LogP contribution in [0.15, 0.2) is 65.6 Å². The van der Waals surface area contributed by atoms with Crippen LogP contribution in [-0.4, -0.2) is 20.1 Å². The number of sulfone groups is 1. The van der Waals surface area contributed by atoms with E-state index in [-0.39, 0.29) is 5.56 Å². The van der Waals surface area contributed by atoms with Crippen molar-refractivity contribution in [1.29, 1.82) is 0 Å². The van der Waals surface area contributed by atoms with Crippen molar-refractivity contribution in [3.63, 3.8) is 0 Å². The summed E-state index contributed by atoms with van der Waals surface area (Å²) in [6, 6.07) is 15.8. The number of alkyl halides is 2. The topological polar surface area (TPSA) is 63.2 Å². The number of rotatable bonds is 4. The van der Waals surface area contributed by atoms with Crippen LogP contribution in [0.4, 0.5) is 14.5 Å². The second-order valence-electron chi connectivity index (χ2n) is 5.82. The second kappa shape index (κ2) is 6.84. The third-order valence-corrected chi connectivity index (χ3v) is 5.33. The molecule has 134 valence electrons. The van der Waals surface area contributed by atoms with Gasteiger partial charge in [-0.25, -0.2) is 8.42 Å². The Kier molecular flexibility index (Phi) is 4.73. The lowest BCUT2D eigenvalue weighted by atomic mass is 10.1. The minimum atomic E-state index is -4.68. The van der Waals surface area contributed by atoms with Gasteiger partial charge in [0.2, 0.25) is 9.84 Å². The summed E-state index contributed by atoms with van der Waals surface area (Å²) in [7, 11) is -4.68. The van der Waals surface area contributed by atoms with Gasteiger partial charge in [0.05, 0.1) is 4.90 Å². The number of hydrogen-bond acceptors (Lipinski definition) is 3. The van der Waals surface area contributed by atoms with Gasteiger partial charge in [0.15, 0.2) is 0 Å². The molecule has 0 saturated heterocycles. The standard InChI is InChI=1S/C19H15F2NO3S/c1-12-10-14-4-2-3-5-16(14)17(11-12)22-18(23)13-6-8-15(9-7-13)26(24,25)19(20)21/h2-11,19H,1H3,(H,22,23). The molecule has 0 radical (unpaired) electrons. The van der Waals surface area contributed by atoms with Crippen molar-refractivity contribution in [2.45, 2.75) is 17.6 Å². The van der Waals surface area contributed by atoms with E-state index in [0.29, 0.717) is 5.69 Å². The second-order valence-corrected chi connectivity index (χ2v) is 7.74. The van der Waals surface area contributed by atoms with Gasteiger partial charge in [0.25, 0.3) is 5.91 Å². The number of amides is 1. The third-order valence-electron chi connectivity index (χ3n) is 3.93. The fourth-order valence-corrected chi connectivity index (χ4v) is 3.38. The summed E-state index contributed by atoms with van der Waals surface area (Å²) >= 11 is 0. The maximum atomic E-state index is 12.6. The molecule has 7 heteroatoms. The Balaban J connectivity index is 1.90. The van der Waals surface area contributed by atoms with Crippen molar-refractivity contribution in [1.82, 2.24) is 0 Å². The number of halogens is 2. The van der Waals surface area contributed by atoms with E-state index < -0.39 is 26.4 Å². The summed E-state index contributed by atoms with van der Waals surface area (Å²) in [4.78, 5) is 11.9. The molecule has 0 unspecified atom stereocenters. The molecule has 0 saturated carbocycles. The Morgan fingerprint density at radius 2 is 1.65 bits per heavy atom. The normalized spacial score (nSPS) is 11.7. The van der Waals surface area contributed by atoms with Gasteiger partial charge in [-0.1, -0.05) is 30.3 Å². The molecule has 0 fully saturated rings. The predicted octanol–water partition coefficient (Wildman–Crippen LogP) is 4.40. The van der Waals surface area contributed by atoms with E-state index in [4.69, 9.17) is 0 Å². The highest BCUT2D eigenvalue weighted by Crippen LogP contribution is 2.26. The molecule has 1 amide bonds. The van der Waals surface area contributed by atoms with Gasteiger partial charge >= 0.3 is 5.76 Å². The van der Waals surface area contributed by atoms with Gasteiger partial charge in [0, 0.05) is 16.6 Å². The van der Waals surface area contributed by atoms with E-state index in [2.05, 4.69) is 5.32 Å². The molecule has 0 bridgehead atoms. The lowest BCUT2D eigenvalue weighted by molar-refractivity contribution is 0.102. The first-order chi connectivity index (χ1) is 12.3. The van der Waals surface area contributed by atoms with E-state index in [1.165, 1.54) is 12.1 Å². The lowest BCUT2D eigenvalue weighted by Crippen LogP contribution is -2.14. The predicted molar refractivity (Wildman–Crippen MR) is 96.3 cm³/mol. The number of carbonyl (C=O) groups is 1. The molecule has 0 aliphatic heterocycles. The Hall–Kier alpha value is -2.80. The zero-order valence-electron chi connectivity index (χ0n) is 13.7. The van der Waals surface area contributed by atoms with Gasteiger partial charge in [0.1, 0.15) is 0 Å². The van der Waals surface area contributed by atoms with E-state index in [0.717, 1.165) is 28.5 Å². The molecule has 0 aromatic heterocycles. The summed E-state index contributed by atoms with van der Waals surface area (Å²) in [6.07, 6.45) is 0. The highest BCUT2D eigenvalue weighted by atomic mass is 32.2. The monoisotopic (exact) mass is 375 g/mol. The molecular weight excluding hydrogens is 360 g/mol. The average Bonchev–Trinajstić information content (AvgIpc) is 2.61. The number of fused-ring (bicyclic) bond motifs is 1. The van der Waals surface area contributed by atoms with Crippen molar-refractivity contribution in [2.24, 2.45) is 0 Å². The fourth-order valence-electron chi connectivity index (χ4n) is 2.66. The number of carbonyl (C=O) groups excluding carboxylic acids is 1. The Morgan fingerprint density at radius 3 is 2.31 bits per heavy atom. The van der Waals surface area contributed by atoms with Crippen LogP contribution in [0.25, 0.3) is 10.8 Å². The molecular formula is C19H15F2NO3S. The fraction of sp³-hybridized carbons (Fsp3) is 0.105. The smallest absolute Gasteiger partial charge is 0.321 e. The van der Waals surface area contributed by atoms with Crippen molar-refractivity contribution in [3.8, 4) is 0 Å². The number of hydrogen-bond donors (Lipinski definition) is 1. The molecule has 26 heavy (non-hydrogen) atoms. The molecule has 0 aliphatic carbocycles. The maximum absolute atomic E-state index is 12.6. The van der Waals surface area contributed by atoms with Crippen LogP contribution in [0.2, 0.25) is 0 Å². The van der Waals surface area contributed by atoms with Crippen molar-refractivity contribution in [3.05, 3.63) is 71.8 Å². The zero-order valence-corrected chi connectivity index (χ0v) is 14.6. The lowest BCUT2D eigenvalue weighted by Gasteiger charge is -2.11. The Bertz CT molecular complexity index is 1080. The number of anilines is 1. The summed E-state index contributed by atoms with van der Waals surface area (Å²) in [5, 5.41) is 4.62. The van der Waals surface area contributed by atoms with E-state index in [9.17, 15) is 22.0 Å². The SMILES string of the molecule is Cc1cc(NC(=O)c2ccc(S(=O)(=O)C(F)F)cc2)c2ccccc2c1. The first-order valence-electron chi connectivity index (χ1n) is 7.72. The molecule has 0 atom stereocenters. The summed E-state index contributed by atoms with van der Waals surface area (Å²) < 4.78 is 48.0. The first kappa shape index (κ1) is 18.0. The Labute approximate surface area is 149 Å². The van der Waals surface area contributed by atoms with Gasteiger partial charge in [-0.3, -0.25) is 4.79 Å². The summed E-state index contributed by atoms with van der Waals surface area (Å²) in [5.41, 5.74) is 1.76. The van der Waals surface area contributed by atoms with Crippen LogP contribution in [0.1, 0.15) is 15.9 Å². The molecule has 0 spiro atoms. The van der Waals surface area contributed by atoms with Crippen LogP contribution < -0.4 is 5.32 Å². The summed E-state index contributed by atoms with van der Waals surface area (Å²) in [6.45, 7) is 1.91. The van der Waals surface area contributed by atoms with Crippen molar-refractivity contribution in [2.75, 3.05) is 5.32 Å². The quantitative estimate of drug-likeness (QED) is 0.735. The molecule has 1 N–H and O–H groups in total. The zero-order chi connectivity index (χ0) is 18.9. The van der Waals surface area contributed by atoms with Gasteiger partial charge < -0.3 is 5.32 Å². The maximum Gasteiger partial charge on any atom is 0.341 e.